The molecule has 1 N–H and O–H groups in total. The third-order valence-electron chi connectivity index (χ3n) is 5.29. The summed E-state index contributed by atoms with van der Waals surface area (Å²) >= 11 is 0. The van der Waals surface area contributed by atoms with Crippen LogP contribution in [0.2, 0.25) is 0 Å². The number of hydrogen-bond donors (Lipinski definition) is 1. The van der Waals surface area contributed by atoms with Crippen molar-refractivity contribution >= 4 is 11.9 Å². The second-order valence-corrected chi connectivity index (χ2v) is 7.33. The highest BCUT2D eigenvalue weighted by Crippen LogP contribution is 2.21. The number of nitrogens with zero attached hydrogens (tertiary/aromatic N) is 4. The standard InChI is InChI=1S/C19H30N4O3/c1-15(2)21-10-12-23(13-11-21)19(25)26-17-6-8-22(9-7-17)18-5-3-4-16(14-24)20-18/h3-5,15,17,24H,6-14H2,1-2H3. The van der Waals surface area contributed by atoms with Crippen LogP contribution in [0.1, 0.15) is 32.4 Å². The van der Waals surface area contributed by atoms with Gasteiger partial charge in [-0.2, -0.15) is 0 Å². The van der Waals surface area contributed by atoms with Gasteiger partial charge in [-0.05, 0) is 26.0 Å². The molecule has 0 aliphatic carbocycles. The van der Waals surface area contributed by atoms with Gasteiger partial charge in [0.25, 0.3) is 0 Å². The van der Waals surface area contributed by atoms with Crippen molar-refractivity contribution in [3.8, 4) is 0 Å². The molecule has 1 aromatic heterocycles. The highest BCUT2D eigenvalue weighted by Gasteiger charge is 2.28. The lowest BCUT2D eigenvalue weighted by Gasteiger charge is -2.38. The molecule has 3 rings (SSSR count). The number of anilines is 1. The Morgan fingerprint density at radius 2 is 1.88 bits per heavy atom. The number of rotatable bonds is 4. The largest absolute Gasteiger partial charge is 0.446 e. The number of hydrogen-bond acceptors (Lipinski definition) is 6. The highest BCUT2D eigenvalue weighted by atomic mass is 16.6. The number of amides is 1. The summed E-state index contributed by atoms with van der Waals surface area (Å²) in [6, 6.07) is 6.21. The lowest BCUT2D eigenvalue weighted by molar-refractivity contribution is 0.0337. The number of piperazine rings is 1. The molecule has 0 aromatic carbocycles. The van der Waals surface area contributed by atoms with Crippen LogP contribution in [0, 0.1) is 0 Å². The molecule has 1 amide bonds. The van der Waals surface area contributed by atoms with Gasteiger partial charge in [0, 0.05) is 58.2 Å². The predicted molar refractivity (Wildman–Crippen MR) is 100 cm³/mol. The van der Waals surface area contributed by atoms with E-state index in [1.807, 2.05) is 23.1 Å². The van der Waals surface area contributed by atoms with E-state index >= 15 is 0 Å². The fraction of sp³-hybridized carbons (Fsp3) is 0.684. The number of aromatic nitrogens is 1. The van der Waals surface area contributed by atoms with Gasteiger partial charge in [-0.1, -0.05) is 6.07 Å². The molecule has 0 radical (unpaired) electrons. The Morgan fingerprint density at radius 1 is 1.19 bits per heavy atom. The van der Waals surface area contributed by atoms with E-state index in [9.17, 15) is 9.90 Å². The third-order valence-corrected chi connectivity index (χ3v) is 5.29. The van der Waals surface area contributed by atoms with Crippen LogP contribution in [-0.2, 0) is 11.3 Å². The Balaban J connectivity index is 1.44. The SMILES string of the molecule is CC(C)N1CCN(C(=O)OC2CCN(c3cccc(CO)n3)CC2)CC1. The first-order valence-electron chi connectivity index (χ1n) is 9.58. The number of aliphatic hydroxyl groups excluding tert-OH is 1. The molecule has 0 unspecified atom stereocenters. The minimum Gasteiger partial charge on any atom is -0.446 e. The van der Waals surface area contributed by atoms with Crippen molar-refractivity contribution < 1.29 is 14.6 Å². The van der Waals surface area contributed by atoms with Gasteiger partial charge >= 0.3 is 6.09 Å². The molecule has 7 heteroatoms. The van der Waals surface area contributed by atoms with Crippen LogP contribution in [0.25, 0.3) is 0 Å². The molecule has 2 aliphatic heterocycles. The monoisotopic (exact) mass is 362 g/mol. The first kappa shape index (κ1) is 18.9. The number of pyridine rings is 1. The molecule has 2 saturated heterocycles. The van der Waals surface area contributed by atoms with Crippen molar-refractivity contribution in [3.63, 3.8) is 0 Å². The van der Waals surface area contributed by atoms with Gasteiger partial charge < -0.3 is 19.6 Å². The first-order chi connectivity index (χ1) is 12.6. The number of carbonyl (C=O) groups excluding carboxylic acids is 1. The second kappa shape index (κ2) is 8.68. The molecule has 7 nitrogen and oxygen atoms in total. The number of aliphatic hydroxyl groups is 1. The molecule has 1 aromatic rings. The summed E-state index contributed by atoms with van der Waals surface area (Å²) in [7, 11) is 0. The summed E-state index contributed by atoms with van der Waals surface area (Å²) in [5, 5.41) is 9.23. The Bertz CT molecular complexity index is 594. The zero-order valence-corrected chi connectivity index (χ0v) is 15.8. The number of ether oxygens (including phenoxy) is 1. The maximum Gasteiger partial charge on any atom is 0.410 e. The van der Waals surface area contributed by atoms with Crippen molar-refractivity contribution in [2.75, 3.05) is 44.2 Å². The smallest absolute Gasteiger partial charge is 0.410 e. The van der Waals surface area contributed by atoms with Crippen LogP contribution in [0.4, 0.5) is 10.6 Å². The average Bonchev–Trinajstić information content (AvgIpc) is 2.68. The van der Waals surface area contributed by atoms with E-state index in [1.54, 1.807) is 0 Å². The molecule has 0 saturated carbocycles. The van der Waals surface area contributed by atoms with Crippen LogP contribution in [0.3, 0.4) is 0 Å². The predicted octanol–water partition coefficient (Wildman–Crippen LogP) is 1.71. The Morgan fingerprint density at radius 3 is 2.50 bits per heavy atom. The van der Waals surface area contributed by atoms with Gasteiger partial charge in [0.05, 0.1) is 12.3 Å². The van der Waals surface area contributed by atoms with E-state index < -0.39 is 0 Å². The molecule has 0 atom stereocenters. The van der Waals surface area contributed by atoms with Gasteiger partial charge in [0.15, 0.2) is 0 Å². The maximum absolute atomic E-state index is 12.4. The second-order valence-electron chi connectivity index (χ2n) is 7.33. The van der Waals surface area contributed by atoms with Crippen molar-refractivity contribution in [2.24, 2.45) is 0 Å². The summed E-state index contributed by atoms with van der Waals surface area (Å²) in [6.07, 6.45) is 1.42. The molecule has 0 spiro atoms. The molecule has 2 fully saturated rings. The van der Waals surface area contributed by atoms with Gasteiger partial charge in [-0.25, -0.2) is 9.78 Å². The quantitative estimate of drug-likeness (QED) is 0.879. The van der Waals surface area contributed by atoms with Crippen molar-refractivity contribution in [1.29, 1.82) is 0 Å². The zero-order valence-electron chi connectivity index (χ0n) is 15.8. The van der Waals surface area contributed by atoms with E-state index in [4.69, 9.17) is 4.74 Å². The summed E-state index contributed by atoms with van der Waals surface area (Å²) in [4.78, 5) is 23.3. The van der Waals surface area contributed by atoms with E-state index in [2.05, 4.69) is 28.6 Å². The van der Waals surface area contributed by atoms with Crippen LogP contribution in [0.15, 0.2) is 18.2 Å². The van der Waals surface area contributed by atoms with E-state index in [-0.39, 0.29) is 18.8 Å². The van der Waals surface area contributed by atoms with Gasteiger partial charge in [0.1, 0.15) is 11.9 Å². The topological polar surface area (TPSA) is 69.1 Å². The highest BCUT2D eigenvalue weighted by molar-refractivity contribution is 5.68. The zero-order chi connectivity index (χ0) is 18.5. The molecule has 144 valence electrons. The van der Waals surface area contributed by atoms with E-state index in [0.29, 0.717) is 11.7 Å². The lowest BCUT2D eigenvalue weighted by atomic mass is 10.1. The molecule has 0 bridgehead atoms. The van der Waals surface area contributed by atoms with Crippen LogP contribution in [-0.4, -0.2) is 77.4 Å². The fourth-order valence-corrected chi connectivity index (χ4v) is 3.57. The van der Waals surface area contributed by atoms with E-state index in [1.165, 1.54) is 0 Å². The van der Waals surface area contributed by atoms with Crippen LogP contribution >= 0.6 is 0 Å². The normalized spacial score (nSPS) is 19.8. The summed E-state index contributed by atoms with van der Waals surface area (Å²) in [5.74, 6) is 0.881. The molecule has 2 aliphatic rings. The van der Waals surface area contributed by atoms with E-state index in [0.717, 1.165) is 57.9 Å². The molecular formula is C19H30N4O3. The Labute approximate surface area is 155 Å². The van der Waals surface area contributed by atoms with Crippen LogP contribution < -0.4 is 4.90 Å². The Kier molecular flexibility index (Phi) is 6.32. The number of carbonyl (C=O) groups is 1. The summed E-state index contributed by atoms with van der Waals surface area (Å²) < 4.78 is 5.74. The van der Waals surface area contributed by atoms with Crippen molar-refractivity contribution in [3.05, 3.63) is 23.9 Å². The van der Waals surface area contributed by atoms with Crippen molar-refractivity contribution in [2.45, 2.75) is 45.4 Å². The average molecular weight is 362 g/mol. The third kappa shape index (κ3) is 4.65. The Hall–Kier alpha value is -1.86. The number of piperidine rings is 1. The molecule has 26 heavy (non-hydrogen) atoms. The summed E-state index contributed by atoms with van der Waals surface area (Å²) in [6.45, 7) is 9.26. The maximum atomic E-state index is 12.4. The molecular weight excluding hydrogens is 332 g/mol. The minimum atomic E-state index is -0.174. The van der Waals surface area contributed by atoms with Gasteiger partial charge in [-0.15, -0.1) is 0 Å². The minimum absolute atomic E-state index is 0.0251. The fourth-order valence-electron chi connectivity index (χ4n) is 3.57. The molecule has 3 heterocycles. The van der Waals surface area contributed by atoms with Crippen molar-refractivity contribution in [1.82, 2.24) is 14.8 Å². The van der Waals surface area contributed by atoms with Gasteiger partial charge in [0.2, 0.25) is 0 Å². The summed E-state index contributed by atoms with van der Waals surface area (Å²) in [5.41, 5.74) is 0.677. The van der Waals surface area contributed by atoms with Gasteiger partial charge in [-0.3, -0.25) is 4.90 Å². The lowest BCUT2D eigenvalue weighted by Crippen LogP contribution is -2.51. The first-order valence-corrected chi connectivity index (χ1v) is 9.58. The van der Waals surface area contributed by atoms with Crippen LogP contribution in [0.5, 0.6) is 0 Å².